The monoisotopic (exact) mass is 210 g/mol. The van der Waals surface area contributed by atoms with E-state index in [9.17, 15) is 4.21 Å². The van der Waals surface area contributed by atoms with Crippen LogP contribution in [0.25, 0.3) is 0 Å². The van der Waals surface area contributed by atoms with Crippen LogP contribution in [-0.2, 0) is 11.0 Å². The van der Waals surface area contributed by atoms with Gasteiger partial charge in [0.15, 0.2) is 0 Å². The minimum absolute atomic E-state index is 0.314. The Morgan fingerprint density at radius 2 is 2.14 bits per heavy atom. The van der Waals surface area contributed by atoms with Crippen molar-refractivity contribution in [1.29, 1.82) is 0 Å². The Hall–Kier alpha value is -1.03. The van der Waals surface area contributed by atoms with Crippen LogP contribution >= 0.6 is 0 Å². The summed E-state index contributed by atoms with van der Waals surface area (Å²) in [4.78, 5) is 4.05. The maximum atomic E-state index is 11.5. The number of aromatic nitrogens is 1. The van der Waals surface area contributed by atoms with Gasteiger partial charge in [0.25, 0.3) is 0 Å². The summed E-state index contributed by atoms with van der Waals surface area (Å²) in [6.07, 6.45) is 3.22. The first-order chi connectivity index (χ1) is 6.50. The lowest BCUT2D eigenvalue weighted by atomic mass is 10.3. The van der Waals surface area contributed by atoms with Crippen molar-refractivity contribution < 1.29 is 4.21 Å². The third-order valence-corrected chi connectivity index (χ3v) is 2.84. The fourth-order valence-electron chi connectivity index (χ4n) is 0.712. The number of hydrogen-bond acceptors (Lipinski definition) is 2. The highest BCUT2D eigenvalue weighted by molar-refractivity contribution is 7.85. The van der Waals surface area contributed by atoms with Crippen molar-refractivity contribution in [2.24, 2.45) is 4.40 Å². The molecule has 0 N–H and O–H groups in total. The van der Waals surface area contributed by atoms with Gasteiger partial charge in [-0.15, -0.1) is 0 Å². The van der Waals surface area contributed by atoms with Crippen LogP contribution in [0.1, 0.15) is 26.5 Å². The van der Waals surface area contributed by atoms with Crippen LogP contribution in [0.3, 0.4) is 0 Å². The van der Waals surface area contributed by atoms with Gasteiger partial charge in [0, 0.05) is 6.20 Å². The van der Waals surface area contributed by atoms with Crippen LogP contribution in [-0.4, -0.2) is 20.2 Å². The van der Waals surface area contributed by atoms with Gasteiger partial charge in [-0.1, -0.05) is 6.07 Å². The number of pyridine rings is 1. The predicted molar refractivity (Wildman–Crippen MR) is 59.7 cm³/mol. The SMILES string of the molecule is CC(C)(C)[S@@](=O)N=Cc1ccccn1. The van der Waals surface area contributed by atoms with Gasteiger partial charge in [-0.3, -0.25) is 4.98 Å². The lowest BCUT2D eigenvalue weighted by Crippen LogP contribution is -2.19. The quantitative estimate of drug-likeness (QED) is 0.700. The van der Waals surface area contributed by atoms with Crippen molar-refractivity contribution in [3.05, 3.63) is 30.1 Å². The second-order valence-corrected chi connectivity index (χ2v) is 5.78. The van der Waals surface area contributed by atoms with E-state index in [1.165, 1.54) is 0 Å². The summed E-state index contributed by atoms with van der Waals surface area (Å²) in [5.74, 6) is 0. The summed E-state index contributed by atoms with van der Waals surface area (Å²) in [5, 5.41) is 0. The standard InChI is InChI=1S/C10H14N2OS/c1-10(2,3)14(13)12-8-9-6-4-5-7-11-9/h4-8H,1-3H3/t14-/m1/s1. The predicted octanol–water partition coefficient (Wildman–Crippen LogP) is 1.96. The molecule has 0 aliphatic carbocycles. The molecule has 1 aromatic heterocycles. The third kappa shape index (κ3) is 3.38. The summed E-state index contributed by atoms with van der Waals surface area (Å²) in [5.41, 5.74) is 0.727. The van der Waals surface area contributed by atoms with E-state index in [-0.39, 0.29) is 4.75 Å². The molecule has 4 heteroatoms. The van der Waals surface area contributed by atoms with E-state index in [1.807, 2.05) is 39.0 Å². The molecule has 0 bridgehead atoms. The Balaban J connectivity index is 2.71. The molecule has 0 unspecified atom stereocenters. The summed E-state index contributed by atoms with van der Waals surface area (Å²) in [6.45, 7) is 5.66. The van der Waals surface area contributed by atoms with Crippen molar-refractivity contribution in [2.75, 3.05) is 0 Å². The Kier molecular flexibility index (Phi) is 3.52. The molecular weight excluding hydrogens is 196 g/mol. The Morgan fingerprint density at radius 3 is 2.64 bits per heavy atom. The van der Waals surface area contributed by atoms with E-state index in [4.69, 9.17) is 0 Å². The van der Waals surface area contributed by atoms with Crippen LogP contribution in [0, 0.1) is 0 Å². The molecule has 0 spiro atoms. The van der Waals surface area contributed by atoms with Gasteiger partial charge in [-0.25, -0.2) is 4.21 Å². The van der Waals surface area contributed by atoms with Crippen molar-refractivity contribution in [3.63, 3.8) is 0 Å². The highest BCUT2D eigenvalue weighted by Crippen LogP contribution is 2.11. The maximum absolute atomic E-state index is 11.5. The highest BCUT2D eigenvalue weighted by Gasteiger charge is 2.17. The second-order valence-electron chi connectivity index (χ2n) is 3.85. The van der Waals surface area contributed by atoms with Gasteiger partial charge in [0.05, 0.1) is 16.7 Å². The summed E-state index contributed by atoms with van der Waals surface area (Å²) in [6, 6.07) is 5.52. The molecule has 76 valence electrons. The molecule has 1 aromatic rings. The minimum Gasteiger partial charge on any atom is -0.255 e. The van der Waals surface area contributed by atoms with Crippen LogP contribution in [0.15, 0.2) is 28.8 Å². The van der Waals surface area contributed by atoms with Crippen molar-refractivity contribution >= 4 is 17.2 Å². The molecule has 0 amide bonds. The molecule has 1 heterocycles. The van der Waals surface area contributed by atoms with E-state index in [1.54, 1.807) is 12.4 Å². The number of hydrogen-bond donors (Lipinski definition) is 0. The van der Waals surface area contributed by atoms with Gasteiger partial charge in [-0.05, 0) is 32.9 Å². The van der Waals surface area contributed by atoms with E-state index in [0.717, 1.165) is 5.69 Å². The molecule has 14 heavy (non-hydrogen) atoms. The Morgan fingerprint density at radius 1 is 1.43 bits per heavy atom. The topological polar surface area (TPSA) is 42.3 Å². The molecule has 1 rings (SSSR count). The average Bonchev–Trinajstić information content (AvgIpc) is 2.14. The fourth-order valence-corrected chi connectivity index (χ4v) is 1.23. The average molecular weight is 210 g/mol. The zero-order valence-electron chi connectivity index (χ0n) is 8.60. The van der Waals surface area contributed by atoms with Crippen LogP contribution in [0.4, 0.5) is 0 Å². The molecule has 0 aromatic carbocycles. The van der Waals surface area contributed by atoms with Crippen LogP contribution < -0.4 is 0 Å². The van der Waals surface area contributed by atoms with E-state index in [0.29, 0.717) is 0 Å². The molecule has 0 saturated carbocycles. The summed E-state index contributed by atoms with van der Waals surface area (Å²) < 4.78 is 15.2. The third-order valence-electron chi connectivity index (χ3n) is 1.49. The molecule has 0 aliphatic heterocycles. The summed E-state index contributed by atoms with van der Waals surface area (Å²) in [7, 11) is -1.21. The zero-order chi connectivity index (χ0) is 10.6. The van der Waals surface area contributed by atoms with Gasteiger partial charge in [0.1, 0.15) is 11.0 Å². The van der Waals surface area contributed by atoms with Crippen LogP contribution in [0.5, 0.6) is 0 Å². The van der Waals surface area contributed by atoms with Gasteiger partial charge >= 0.3 is 0 Å². The zero-order valence-corrected chi connectivity index (χ0v) is 9.41. The number of rotatable bonds is 2. The van der Waals surface area contributed by atoms with E-state index in [2.05, 4.69) is 9.38 Å². The lowest BCUT2D eigenvalue weighted by molar-refractivity contribution is 0.651. The van der Waals surface area contributed by atoms with E-state index >= 15 is 0 Å². The molecule has 0 saturated heterocycles. The normalized spacial score (nSPS) is 14.5. The highest BCUT2D eigenvalue weighted by atomic mass is 32.2. The molecule has 0 aliphatic rings. The first kappa shape index (κ1) is 11.0. The molecule has 0 fully saturated rings. The maximum Gasteiger partial charge on any atom is 0.144 e. The first-order valence-corrected chi connectivity index (χ1v) is 5.48. The second kappa shape index (κ2) is 4.46. The Bertz CT molecular complexity index is 341. The molecule has 3 nitrogen and oxygen atoms in total. The Labute approximate surface area is 86.9 Å². The van der Waals surface area contributed by atoms with Crippen LogP contribution in [0.2, 0.25) is 0 Å². The fraction of sp³-hybridized carbons (Fsp3) is 0.400. The van der Waals surface area contributed by atoms with E-state index < -0.39 is 11.0 Å². The first-order valence-electron chi connectivity index (χ1n) is 4.37. The number of nitrogens with zero attached hydrogens (tertiary/aromatic N) is 2. The molecule has 1 atom stereocenters. The minimum atomic E-state index is -1.21. The molecule has 0 radical (unpaired) electrons. The van der Waals surface area contributed by atoms with Crippen molar-refractivity contribution in [3.8, 4) is 0 Å². The van der Waals surface area contributed by atoms with Gasteiger partial charge in [0.2, 0.25) is 0 Å². The van der Waals surface area contributed by atoms with Crippen molar-refractivity contribution in [2.45, 2.75) is 25.5 Å². The molecular formula is C10H14N2OS. The lowest BCUT2D eigenvalue weighted by Gasteiger charge is -2.12. The van der Waals surface area contributed by atoms with Gasteiger partial charge in [-0.2, -0.15) is 4.40 Å². The largest absolute Gasteiger partial charge is 0.255 e. The van der Waals surface area contributed by atoms with Gasteiger partial charge < -0.3 is 0 Å². The summed E-state index contributed by atoms with van der Waals surface area (Å²) >= 11 is 0. The van der Waals surface area contributed by atoms with Crippen molar-refractivity contribution in [1.82, 2.24) is 4.98 Å². The smallest absolute Gasteiger partial charge is 0.144 e.